The van der Waals surface area contributed by atoms with Crippen molar-refractivity contribution in [1.82, 2.24) is 5.32 Å². The quantitative estimate of drug-likeness (QED) is 0.796. The summed E-state index contributed by atoms with van der Waals surface area (Å²) < 4.78 is 17.9. The Hall–Kier alpha value is -2.01. The molecule has 0 saturated heterocycles. The van der Waals surface area contributed by atoms with Gasteiger partial charge in [-0.05, 0) is 48.4 Å². The van der Waals surface area contributed by atoms with Crippen LogP contribution in [0.4, 0.5) is 4.39 Å². The predicted octanol–water partition coefficient (Wildman–Crippen LogP) is 3.29. The number of hydrogen-bond donors (Lipinski definition) is 1. The van der Waals surface area contributed by atoms with Crippen molar-refractivity contribution in [2.45, 2.75) is 11.3 Å². The topological polar surface area (TPSA) is 38.3 Å². The fraction of sp³-hybridized carbons (Fsp3) is 0.235. The monoisotopic (exact) mass is 319 g/mol. The molecule has 0 aliphatic rings. The van der Waals surface area contributed by atoms with Gasteiger partial charge in [0.1, 0.15) is 11.6 Å². The molecule has 2 rings (SSSR count). The van der Waals surface area contributed by atoms with Gasteiger partial charge in [0, 0.05) is 11.4 Å². The van der Waals surface area contributed by atoms with Crippen LogP contribution >= 0.6 is 11.8 Å². The van der Waals surface area contributed by atoms with Gasteiger partial charge in [0.25, 0.3) is 0 Å². The summed E-state index contributed by atoms with van der Waals surface area (Å²) in [4.78, 5) is 12.8. The van der Waals surface area contributed by atoms with E-state index in [9.17, 15) is 9.18 Å². The molecule has 0 heterocycles. The minimum atomic E-state index is -0.247. The van der Waals surface area contributed by atoms with Crippen LogP contribution in [0.2, 0.25) is 0 Å². The Morgan fingerprint density at radius 1 is 1.14 bits per heavy atom. The van der Waals surface area contributed by atoms with Crippen molar-refractivity contribution in [1.29, 1.82) is 0 Å². The summed E-state index contributed by atoms with van der Waals surface area (Å²) in [5, 5.41) is 2.86. The first-order chi connectivity index (χ1) is 10.7. The van der Waals surface area contributed by atoms with Gasteiger partial charge in [-0.15, -0.1) is 11.8 Å². The highest BCUT2D eigenvalue weighted by Gasteiger charge is 2.03. The zero-order valence-corrected chi connectivity index (χ0v) is 13.2. The Bertz CT molecular complexity index is 599. The fourth-order valence-electron chi connectivity index (χ4n) is 1.87. The van der Waals surface area contributed by atoms with Crippen molar-refractivity contribution < 1.29 is 13.9 Å². The molecular weight excluding hydrogens is 301 g/mol. The number of halogens is 1. The SMILES string of the molecule is COc1ccc(SCC(=O)NCCc2ccc(F)cc2)cc1. The van der Waals surface area contributed by atoms with Gasteiger partial charge in [-0.25, -0.2) is 4.39 Å². The number of carbonyl (C=O) groups excluding carboxylic acids is 1. The summed E-state index contributed by atoms with van der Waals surface area (Å²) >= 11 is 1.48. The molecule has 22 heavy (non-hydrogen) atoms. The Kier molecular flexibility index (Phi) is 6.27. The van der Waals surface area contributed by atoms with E-state index in [1.165, 1.54) is 23.9 Å². The second-order valence-corrected chi connectivity index (χ2v) is 5.74. The molecule has 2 aromatic rings. The minimum Gasteiger partial charge on any atom is -0.497 e. The number of carbonyl (C=O) groups is 1. The molecule has 0 spiro atoms. The van der Waals surface area contributed by atoms with Crippen LogP contribution in [0.1, 0.15) is 5.56 Å². The van der Waals surface area contributed by atoms with E-state index in [1.54, 1.807) is 19.2 Å². The molecule has 0 aliphatic carbocycles. The molecule has 0 atom stereocenters. The minimum absolute atomic E-state index is 0.0112. The van der Waals surface area contributed by atoms with Crippen molar-refractivity contribution >= 4 is 17.7 Å². The summed E-state index contributed by atoms with van der Waals surface area (Å²) in [7, 11) is 1.62. The highest BCUT2D eigenvalue weighted by Crippen LogP contribution is 2.20. The normalized spacial score (nSPS) is 10.3. The van der Waals surface area contributed by atoms with Crippen molar-refractivity contribution in [3.8, 4) is 5.75 Å². The van der Waals surface area contributed by atoms with E-state index in [0.29, 0.717) is 18.7 Å². The molecule has 3 nitrogen and oxygen atoms in total. The lowest BCUT2D eigenvalue weighted by atomic mass is 10.1. The first kappa shape index (κ1) is 16.4. The van der Waals surface area contributed by atoms with Crippen LogP contribution in [0, 0.1) is 5.82 Å². The van der Waals surface area contributed by atoms with Gasteiger partial charge in [-0.1, -0.05) is 12.1 Å². The van der Waals surface area contributed by atoms with Crippen LogP contribution in [-0.4, -0.2) is 25.3 Å². The molecule has 5 heteroatoms. The second-order valence-electron chi connectivity index (χ2n) is 4.69. The van der Waals surface area contributed by atoms with E-state index in [0.717, 1.165) is 16.2 Å². The molecule has 0 aliphatic heterocycles. The number of hydrogen-bond acceptors (Lipinski definition) is 3. The van der Waals surface area contributed by atoms with Crippen molar-refractivity contribution in [3.63, 3.8) is 0 Å². The maximum Gasteiger partial charge on any atom is 0.230 e. The number of amides is 1. The molecule has 1 amide bonds. The van der Waals surface area contributed by atoms with Crippen LogP contribution in [-0.2, 0) is 11.2 Å². The van der Waals surface area contributed by atoms with E-state index in [2.05, 4.69) is 5.32 Å². The first-order valence-electron chi connectivity index (χ1n) is 6.95. The van der Waals surface area contributed by atoms with Crippen LogP contribution in [0.25, 0.3) is 0 Å². The third-order valence-corrected chi connectivity index (χ3v) is 4.09. The highest BCUT2D eigenvalue weighted by molar-refractivity contribution is 8.00. The van der Waals surface area contributed by atoms with Gasteiger partial charge in [-0.3, -0.25) is 4.79 Å². The molecule has 0 unspecified atom stereocenters. The number of ether oxygens (including phenoxy) is 1. The van der Waals surface area contributed by atoms with E-state index in [4.69, 9.17) is 4.74 Å². The highest BCUT2D eigenvalue weighted by atomic mass is 32.2. The van der Waals surface area contributed by atoms with Gasteiger partial charge in [0.2, 0.25) is 5.91 Å². The van der Waals surface area contributed by atoms with E-state index >= 15 is 0 Å². The molecule has 0 fully saturated rings. The van der Waals surface area contributed by atoms with Crippen molar-refractivity contribution in [2.75, 3.05) is 19.4 Å². The smallest absolute Gasteiger partial charge is 0.230 e. The summed E-state index contributed by atoms with van der Waals surface area (Å²) in [5.41, 5.74) is 1.00. The summed E-state index contributed by atoms with van der Waals surface area (Å²) in [5.74, 6) is 0.912. The summed E-state index contributed by atoms with van der Waals surface area (Å²) in [6.07, 6.45) is 0.694. The standard InChI is InChI=1S/C17H18FNO2S/c1-21-15-6-8-16(9-7-15)22-12-17(20)19-11-10-13-2-4-14(18)5-3-13/h2-9H,10-12H2,1H3,(H,19,20). The second kappa shape index (κ2) is 8.44. The summed E-state index contributed by atoms with van der Waals surface area (Å²) in [6, 6.07) is 13.9. The number of methoxy groups -OCH3 is 1. The van der Waals surface area contributed by atoms with Crippen molar-refractivity contribution in [3.05, 3.63) is 59.9 Å². The van der Waals surface area contributed by atoms with Crippen LogP contribution in [0.5, 0.6) is 5.75 Å². The third-order valence-electron chi connectivity index (χ3n) is 3.08. The van der Waals surface area contributed by atoms with Gasteiger partial charge in [0.05, 0.1) is 12.9 Å². The van der Waals surface area contributed by atoms with Crippen molar-refractivity contribution in [2.24, 2.45) is 0 Å². The largest absolute Gasteiger partial charge is 0.497 e. The third kappa shape index (κ3) is 5.41. The average Bonchev–Trinajstić information content (AvgIpc) is 2.55. The van der Waals surface area contributed by atoms with Gasteiger partial charge >= 0.3 is 0 Å². The zero-order chi connectivity index (χ0) is 15.8. The lowest BCUT2D eigenvalue weighted by Crippen LogP contribution is -2.27. The van der Waals surface area contributed by atoms with Gasteiger partial charge in [0.15, 0.2) is 0 Å². The van der Waals surface area contributed by atoms with E-state index in [1.807, 2.05) is 24.3 Å². The number of rotatable bonds is 7. The molecular formula is C17H18FNO2S. The summed E-state index contributed by atoms with van der Waals surface area (Å²) in [6.45, 7) is 0.549. The molecule has 0 bridgehead atoms. The average molecular weight is 319 g/mol. The Morgan fingerprint density at radius 3 is 2.45 bits per heavy atom. The maximum absolute atomic E-state index is 12.8. The molecule has 0 saturated carbocycles. The van der Waals surface area contributed by atoms with Gasteiger partial charge < -0.3 is 10.1 Å². The lowest BCUT2D eigenvalue weighted by molar-refractivity contribution is -0.118. The first-order valence-corrected chi connectivity index (χ1v) is 7.94. The van der Waals surface area contributed by atoms with Gasteiger partial charge in [-0.2, -0.15) is 0 Å². The lowest BCUT2D eigenvalue weighted by Gasteiger charge is -2.06. The molecule has 0 aromatic heterocycles. The maximum atomic E-state index is 12.8. The fourth-order valence-corrected chi connectivity index (χ4v) is 2.60. The molecule has 2 aromatic carbocycles. The van der Waals surface area contributed by atoms with Crippen LogP contribution in [0.3, 0.4) is 0 Å². The molecule has 116 valence electrons. The molecule has 0 radical (unpaired) electrons. The zero-order valence-electron chi connectivity index (χ0n) is 12.3. The van der Waals surface area contributed by atoms with Crippen LogP contribution in [0.15, 0.2) is 53.4 Å². The number of nitrogens with one attached hydrogen (secondary N) is 1. The number of benzene rings is 2. The van der Waals surface area contributed by atoms with E-state index < -0.39 is 0 Å². The Morgan fingerprint density at radius 2 is 1.82 bits per heavy atom. The molecule has 1 N–H and O–H groups in total. The Labute approximate surface area is 133 Å². The Balaban J connectivity index is 1.68. The number of thioether (sulfide) groups is 1. The van der Waals surface area contributed by atoms with Crippen LogP contribution < -0.4 is 10.1 Å². The predicted molar refractivity (Wildman–Crippen MR) is 86.8 cm³/mol. The van der Waals surface area contributed by atoms with E-state index in [-0.39, 0.29) is 11.7 Å².